The van der Waals surface area contributed by atoms with Crippen LogP contribution in [0, 0.1) is 0 Å². The molecule has 2 heterocycles. The fourth-order valence-corrected chi connectivity index (χ4v) is 3.07. The van der Waals surface area contributed by atoms with E-state index in [9.17, 15) is 0 Å². The largest absolute Gasteiger partial charge is 0.363 e. The fourth-order valence-electron chi connectivity index (χ4n) is 2.00. The first-order chi connectivity index (χ1) is 8.29. The Kier molecular flexibility index (Phi) is 4.76. The van der Waals surface area contributed by atoms with E-state index in [-0.39, 0.29) is 0 Å². The molecular weight excluding hydrogens is 250 g/mol. The number of hydrogen-bond donors (Lipinski definition) is 1. The predicted molar refractivity (Wildman–Crippen MR) is 77.4 cm³/mol. The van der Waals surface area contributed by atoms with Crippen LogP contribution in [0.25, 0.3) is 0 Å². The number of rotatable bonds is 3. The van der Waals surface area contributed by atoms with Gasteiger partial charge in [0.1, 0.15) is 0 Å². The van der Waals surface area contributed by atoms with Gasteiger partial charge in [-0.15, -0.1) is 11.3 Å². The smallest absolute Gasteiger partial charge is 0.169 e. The molecule has 5 heteroatoms. The summed E-state index contributed by atoms with van der Waals surface area (Å²) in [5.41, 5.74) is 0. The van der Waals surface area contributed by atoms with E-state index in [0.717, 1.165) is 44.4 Å². The Labute approximate surface area is 112 Å². The zero-order valence-corrected chi connectivity index (χ0v) is 11.8. The van der Waals surface area contributed by atoms with E-state index >= 15 is 0 Å². The van der Waals surface area contributed by atoms with E-state index in [1.165, 1.54) is 4.88 Å². The van der Waals surface area contributed by atoms with Crippen molar-refractivity contribution >= 4 is 28.7 Å². The van der Waals surface area contributed by atoms with Crippen molar-refractivity contribution in [3.63, 3.8) is 0 Å². The van der Waals surface area contributed by atoms with Crippen LogP contribution < -0.4 is 5.32 Å². The van der Waals surface area contributed by atoms with Crippen LogP contribution >= 0.6 is 23.6 Å². The van der Waals surface area contributed by atoms with Crippen molar-refractivity contribution < 1.29 is 0 Å². The van der Waals surface area contributed by atoms with Gasteiger partial charge in [0.05, 0.1) is 0 Å². The molecule has 0 amide bonds. The summed E-state index contributed by atoms with van der Waals surface area (Å²) in [6.07, 6.45) is 0. The average Bonchev–Trinajstić information content (AvgIpc) is 2.83. The number of piperazine rings is 1. The van der Waals surface area contributed by atoms with Gasteiger partial charge in [-0.1, -0.05) is 6.07 Å². The third-order valence-electron chi connectivity index (χ3n) is 2.95. The Morgan fingerprint density at radius 3 is 2.76 bits per heavy atom. The maximum absolute atomic E-state index is 5.33. The Morgan fingerprint density at radius 2 is 2.18 bits per heavy atom. The lowest BCUT2D eigenvalue weighted by atomic mass is 10.3. The summed E-state index contributed by atoms with van der Waals surface area (Å²) < 4.78 is 0. The van der Waals surface area contributed by atoms with Gasteiger partial charge >= 0.3 is 0 Å². The number of nitrogens with zero attached hydrogens (tertiary/aromatic N) is 2. The zero-order valence-electron chi connectivity index (χ0n) is 10.2. The molecule has 0 unspecified atom stereocenters. The topological polar surface area (TPSA) is 18.5 Å². The van der Waals surface area contributed by atoms with Gasteiger partial charge in [-0.25, -0.2) is 0 Å². The molecule has 0 saturated carbocycles. The van der Waals surface area contributed by atoms with Gasteiger partial charge in [0.2, 0.25) is 0 Å². The van der Waals surface area contributed by atoms with Crippen LogP contribution in [0.3, 0.4) is 0 Å². The first-order valence-corrected chi connectivity index (χ1v) is 7.36. The second-order valence-electron chi connectivity index (χ2n) is 4.18. The van der Waals surface area contributed by atoms with Gasteiger partial charge in [0.15, 0.2) is 5.11 Å². The lowest BCUT2D eigenvalue weighted by Crippen LogP contribution is -2.51. The number of thiocarbonyl (C=S) groups is 1. The van der Waals surface area contributed by atoms with Crippen LogP contribution in [0.1, 0.15) is 11.8 Å². The van der Waals surface area contributed by atoms with Gasteiger partial charge in [0.25, 0.3) is 0 Å². The minimum Gasteiger partial charge on any atom is -0.363 e. The molecule has 1 aromatic rings. The summed E-state index contributed by atoms with van der Waals surface area (Å²) in [4.78, 5) is 6.22. The lowest BCUT2D eigenvalue weighted by Gasteiger charge is -2.35. The molecule has 0 aromatic carbocycles. The molecule has 94 valence electrons. The Bertz CT molecular complexity index is 343. The van der Waals surface area contributed by atoms with Gasteiger partial charge in [0, 0.05) is 44.1 Å². The van der Waals surface area contributed by atoms with Crippen LogP contribution in [0.2, 0.25) is 0 Å². The highest BCUT2D eigenvalue weighted by molar-refractivity contribution is 7.80. The highest BCUT2D eigenvalue weighted by atomic mass is 32.1. The molecule has 3 nitrogen and oxygen atoms in total. The zero-order chi connectivity index (χ0) is 12.1. The Morgan fingerprint density at radius 1 is 1.41 bits per heavy atom. The summed E-state index contributed by atoms with van der Waals surface area (Å²) in [7, 11) is 0. The van der Waals surface area contributed by atoms with Crippen molar-refractivity contribution in [2.75, 3.05) is 32.7 Å². The molecular formula is C12H19N3S2. The van der Waals surface area contributed by atoms with Gasteiger partial charge < -0.3 is 10.2 Å². The van der Waals surface area contributed by atoms with Gasteiger partial charge in [-0.2, -0.15) is 0 Å². The maximum Gasteiger partial charge on any atom is 0.169 e. The first-order valence-electron chi connectivity index (χ1n) is 6.07. The highest BCUT2D eigenvalue weighted by Gasteiger charge is 2.18. The molecule has 1 N–H and O–H groups in total. The Hall–Kier alpha value is -0.650. The van der Waals surface area contributed by atoms with Crippen molar-refractivity contribution in [1.82, 2.24) is 15.1 Å². The van der Waals surface area contributed by atoms with Gasteiger partial charge in [-0.05, 0) is 30.6 Å². The van der Waals surface area contributed by atoms with E-state index in [0.29, 0.717) is 0 Å². The second-order valence-corrected chi connectivity index (χ2v) is 5.60. The van der Waals surface area contributed by atoms with Gasteiger partial charge in [-0.3, -0.25) is 4.90 Å². The summed E-state index contributed by atoms with van der Waals surface area (Å²) >= 11 is 7.16. The molecule has 1 fully saturated rings. The van der Waals surface area contributed by atoms with E-state index in [4.69, 9.17) is 12.2 Å². The number of hydrogen-bond acceptors (Lipinski definition) is 3. The van der Waals surface area contributed by atoms with E-state index < -0.39 is 0 Å². The third kappa shape index (κ3) is 3.66. The molecule has 1 aromatic heterocycles. The normalized spacial score (nSPS) is 17.1. The minimum atomic E-state index is 0.906. The number of nitrogens with one attached hydrogen (secondary N) is 1. The minimum absolute atomic E-state index is 0.906. The van der Waals surface area contributed by atoms with Crippen molar-refractivity contribution in [2.45, 2.75) is 13.5 Å². The number of thiophene rings is 1. The van der Waals surface area contributed by atoms with Crippen LogP contribution in [0.15, 0.2) is 17.5 Å². The van der Waals surface area contributed by atoms with E-state index in [1.807, 2.05) is 11.3 Å². The predicted octanol–water partition coefficient (Wildman–Crippen LogP) is 1.76. The molecule has 0 bridgehead atoms. The van der Waals surface area contributed by atoms with Crippen molar-refractivity contribution in [3.8, 4) is 0 Å². The van der Waals surface area contributed by atoms with Crippen LogP contribution in [0.4, 0.5) is 0 Å². The molecule has 0 aliphatic carbocycles. The molecule has 1 aliphatic rings. The summed E-state index contributed by atoms with van der Waals surface area (Å²) in [6, 6.07) is 4.33. The second kappa shape index (κ2) is 6.33. The summed E-state index contributed by atoms with van der Waals surface area (Å²) in [6.45, 7) is 8.36. The molecule has 1 aliphatic heterocycles. The lowest BCUT2D eigenvalue weighted by molar-refractivity contribution is 0.176. The molecule has 2 rings (SSSR count). The summed E-state index contributed by atoms with van der Waals surface area (Å²) in [5, 5.41) is 6.27. The molecule has 0 spiro atoms. The molecule has 17 heavy (non-hydrogen) atoms. The van der Waals surface area contributed by atoms with Crippen LogP contribution in [-0.4, -0.2) is 47.6 Å². The monoisotopic (exact) mass is 269 g/mol. The Balaban J connectivity index is 1.76. The van der Waals surface area contributed by atoms with Crippen LogP contribution in [-0.2, 0) is 6.54 Å². The van der Waals surface area contributed by atoms with Crippen molar-refractivity contribution in [2.24, 2.45) is 0 Å². The van der Waals surface area contributed by atoms with E-state index in [2.05, 4.69) is 39.6 Å². The SMILES string of the molecule is CCNC(=S)N1CCN(Cc2cccs2)CC1. The van der Waals surface area contributed by atoms with Crippen molar-refractivity contribution in [1.29, 1.82) is 0 Å². The fraction of sp³-hybridized carbons (Fsp3) is 0.583. The molecule has 1 saturated heterocycles. The van der Waals surface area contributed by atoms with Crippen molar-refractivity contribution in [3.05, 3.63) is 22.4 Å². The first kappa shape index (κ1) is 12.8. The van der Waals surface area contributed by atoms with E-state index in [1.54, 1.807) is 0 Å². The standard InChI is InChI=1S/C12H19N3S2/c1-2-13-12(16)15-7-5-14(6-8-15)10-11-4-3-9-17-11/h3-4,9H,2,5-8,10H2,1H3,(H,13,16). The molecule has 0 atom stereocenters. The maximum atomic E-state index is 5.33. The average molecular weight is 269 g/mol. The quantitative estimate of drug-likeness (QED) is 0.843. The summed E-state index contributed by atoms with van der Waals surface area (Å²) in [5.74, 6) is 0. The highest BCUT2D eigenvalue weighted by Crippen LogP contribution is 2.13. The van der Waals surface area contributed by atoms with Crippen LogP contribution in [0.5, 0.6) is 0 Å². The molecule has 0 radical (unpaired) electrons. The third-order valence-corrected chi connectivity index (χ3v) is 4.21.